The largest absolute Gasteiger partial charge is 0.480 e. The van der Waals surface area contributed by atoms with Crippen molar-refractivity contribution in [2.24, 2.45) is 0 Å². The summed E-state index contributed by atoms with van der Waals surface area (Å²) in [5.41, 5.74) is 1.34. The summed E-state index contributed by atoms with van der Waals surface area (Å²) in [5, 5.41) is 3.57. The van der Waals surface area contributed by atoms with Crippen molar-refractivity contribution in [3.8, 4) is 5.88 Å². The van der Waals surface area contributed by atoms with E-state index in [1.165, 1.54) is 24.5 Å². The Morgan fingerprint density at radius 1 is 1.26 bits per heavy atom. The molecular weight excluding hydrogens is 369 g/mol. The molecule has 27 heavy (non-hydrogen) atoms. The van der Waals surface area contributed by atoms with Gasteiger partial charge in [0.25, 0.3) is 5.91 Å². The Kier molecular flexibility index (Phi) is 5.98. The van der Waals surface area contributed by atoms with Crippen LogP contribution in [0.3, 0.4) is 0 Å². The highest BCUT2D eigenvalue weighted by Crippen LogP contribution is 2.35. The lowest BCUT2D eigenvalue weighted by molar-refractivity contribution is 0.0957. The third kappa shape index (κ3) is 4.06. The molecular formula is C19H20FN3O3S. The van der Waals surface area contributed by atoms with E-state index in [-0.39, 0.29) is 18.3 Å². The van der Waals surface area contributed by atoms with E-state index in [2.05, 4.69) is 15.3 Å². The molecule has 0 aliphatic rings. The van der Waals surface area contributed by atoms with Crippen LogP contribution >= 0.6 is 11.3 Å². The summed E-state index contributed by atoms with van der Waals surface area (Å²) in [6.45, 7) is 2.44. The van der Waals surface area contributed by atoms with Crippen molar-refractivity contribution >= 4 is 27.5 Å². The molecule has 0 saturated carbocycles. The molecule has 1 N–H and O–H groups in total. The van der Waals surface area contributed by atoms with Crippen molar-refractivity contribution in [3.05, 3.63) is 51.9 Å². The first kappa shape index (κ1) is 19.2. The second-order valence-electron chi connectivity index (χ2n) is 5.92. The number of nitrogens with zero attached hydrogens (tertiary/aromatic N) is 2. The van der Waals surface area contributed by atoms with Crippen LogP contribution in [0.1, 0.15) is 26.6 Å². The van der Waals surface area contributed by atoms with Gasteiger partial charge in [0.15, 0.2) is 5.82 Å². The predicted molar refractivity (Wildman–Crippen MR) is 102 cm³/mol. The van der Waals surface area contributed by atoms with Crippen molar-refractivity contribution in [3.63, 3.8) is 0 Å². The van der Waals surface area contributed by atoms with E-state index in [1.807, 2.05) is 6.92 Å². The highest BCUT2D eigenvalue weighted by Gasteiger charge is 2.21. The molecule has 0 radical (unpaired) electrons. The molecule has 3 rings (SSSR count). The number of carbonyl (C=O) groups excluding carboxylic acids is 1. The van der Waals surface area contributed by atoms with E-state index in [9.17, 15) is 9.18 Å². The Balaban J connectivity index is 1.80. The minimum Gasteiger partial charge on any atom is -0.480 e. The van der Waals surface area contributed by atoms with E-state index in [0.717, 1.165) is 10.9 Å². The predicted octanol–water partition coefficient (Wildman–Crippen LogP) is 3.27. The average molecular weight is 389 g/mol. The molecule has 0 bridgehead atoms. The van der Waals surface area contributed by atoms with E-state index in [0.29, 0.717) is 39.9 Å². The van der Waals surface area contributed by atoms with Gasteiger partial charge in [-0.1, -0.05) is 18.2 Å². The molecule has 0 spiro atoms. The van der Waals surface area contributed by atoms with Crippen LogP contribution < -0.4 is 10.1 Å². The molecule has 0 saturated heterocycles. The van der Waals surface area contributed by atoms with Gasteiger partial charge in [0, 0.05) is 13.7 Å². The van der Waals surface area contributed by atoms with Crippen molar-refractivity contribution in [1.82, 2.24) is 15.3 Å². The fourth-order valence-electron chi connectivity index (χ4n) is 2.79. The number of nitrogens with one attached hydrogen (secondary N) is 1. The van der Waals surface area contributed by atoms with Gasteiger partial charge < -0.3 is 14.8 Å². The normalized spacial score (nSPS) is 11.0. The second kappa shape index (κ2) is 8.41. The lowest BCUT2D eigenvalue weighted by Crippen LogP contribution is -2.25. The van der Waals surface area contributed by atoms with Crippen LogP contribution in [0.4, 0.5) is 4.39 Å². The molecule has 1 aromatic carbocycles. The van der Waals surface area contributed by atoms with Gasteiger partial charge >= 0.3 is 0 Å². The fourth-order valence-corrected chi connectivity index (χ4v) is 3.90. The number of ether oxygens (including phenoxy) is 2. The van der Waals surface area contributed by atoms with E-state index in [1.54, 1.807) is 25.3 Å². The third-order valence-electron chi connectivity index (χ3n) is 4.11. The lowest BCUT2D eigenvalue weighted by Gasteiger charge is -2.06. The summed E-state index contributed by atoms with van der Waals surface area (Å²) in [7, 11) is 3.10. The molecule has 0 unspecified atom stereocenters. The number of rotatable bonds is 7. The zero-order chi connectivity index (χ0) is 19.4. The van der Waals surface area contributed by atoms with Gasteiger partial charge in [-0.15, -0.1) is 11.3 Å². The SMILES string of the molecule is COCc1nc(OC)c2c(C)c(C(=O)NCCc3ccccc3F)sc2n1. The molecule has 2 aromatic heterocycles. The van der Waals surface area contributed by atoms with Crippen LogP contribution in [0.5, 0.6) is 5.88 Å². The van der Waals surface area contributed by atoms with Crippen LogP contribution in [0.15, 0.2) is 24.3 Å². The number of halogens is 1. The summed E-state index contributed by atoms with van der Waals surface area (Å²) in [6, 6.07) is 6.54. The van der Waals surface area contributed by atoms with Crippen molar-refractivity contribution in [1.29, 1.82) is 0 Å². The van der Waals surface area contributed by atoms with Crippen molar-refractivity contribution in [2.75, 3.05) is 20.8 Å². The summed E-state index contributed by atoms with van der Waals surface area (Å²) in [4.78, 5) is 22.6. The van der Waals surface area contributed by atoms with Crippen LogP contribution in [0, 0.1) is 12.7 Å². The molecule has 0 aliphatic heterocycles. The number of methoxy groups -OCH3 is 2. The quantitative estimate of drug-likeness (QED) is 0.671. The number of amides is 1. The number of aromatic nitrogens is 2. The van der Waals surface area contributed by atoms with Gasteiger partial charge in [0.05, 0.1) is 17.4 Å². The number of hydrogen-bond donors (Lipinski definition) is 1. The Labute approximate surface area is 160 Å². The monoisotopic (exact) mass is 389 g/mol. The topological polar surface area (TPSA) is 73.3 Å². The Hall–Kier alpha value is -2.58. The van der Waals surface area contributed by atoms with Crippen LogP contribution in [0.25, 0.3) is 10.2 Å². The maximum Gasteiger partial charge on any atom is 0.261 e. The van der Waals surface area contributed by atoms with Gasteiger partial charge in [-0.25, -0.2) is 9.37 Å². The minimum atomic E-state index is -0.268. The number of thiophene rings is 1. The summed E-state index contributed by atoms with van der Waals surface area (Å²) in [5.74, 6) is 0.429. The number of aryl methyl sites for hydroxylation is 1. The van der Waals surface area contributed by atoms with Gasteiger partial charge in [0.1, 0.15) is 17.3 Å². The maximum absolute atomic E-state index is 13.7. The first-order chi connectivity index (χ1) is 13.0. The highest BCUT2D eigenvalue weighted by atomic mass is 32.1. The van der Waals surface area contributed by atoms with E-state index >= 15 is 0 Å². The molecule has 6 nitrogen and oxygen atoms in total. The first-order valence-electron chi connectivity index (χ1n) is 8.39. The second-order valence-corrected chi connectivity index (χ2v) is 6.91. The highest BCUT2D eigenvalue weighted by molar-refractivity contribution is 7.20. The Bertz CT molecular complexity index is 974. The van der Waals surface area contributed by atoms with Gasteiger partial charge in [-0.2, -0.15) is 4.98 Å². The van der Waals surface area contributed by atoms with Crippen molar-refractivity contribution < 1.29 is 18.7 Å². The van der Waals surface area contributed by atoms with Gasteiger partial charge in [-0.05, 0) is 30.5 Å². The summed E-state index contributed by atoms with van der Waals surface area (Å²) < 4.78 is 24.1. The van der Waals surface area contributed by atoms with Gasteiger partial charge in [-0.3, -0.25) is 4.79 Å². The Morgan fingerprint density at radius 2 is 2.04 bits per heavy atom. The minimum absolute atomic E-state index is 0.220. The number of benzene rings is 1. The number of hydrogen-bond acceptors (Lipinski definition) is 6. The molecule has 0 atom stereocenters. The number of carbonyl (C=O) groups is 1. The molecule has 3 aromatic rings. The summed E-state index contributed by atoms with van der Waals surface area (Å²) >= 11 is 1.28. The van der Waals surface area contributed by atoms with Gasteiger partial charge in [0.2, 0.25) is 5.88 Å². The maximum atomic E-state index is 13.7. The molecule has 8 heteroatoms. The van der Waals surface area contributed by atoms with E-state index in [4.69, 9.17) is 9.47 Å². The summed E-state index contributed by atoms with van der Waals surface area (Å²) in [6.07, 6.45) is 0.420. The van der Waals surface area contributed by atoms with Crippen molar-refractivity contribution in [2.45, 2.75) is 20.0 Å². The molecule has 1 amide bonds. The molecule has 142 valence electrons. The Morgan fingerprint density at radius 3 is 2.74 bits per heavy atom. The van der Waals surface area contributed by atoms with Crippen LogP contribution in [-0.4, -0.2) is 36.6 Å². The first-order valence-corrected chi connectivity index (χ1v) is 9.21. The van der Waals surface area contributed by atoms with Crippen LogP contribution in [-0.2, 0) is 17.8 Å². The standard InChI is InChI=1S/C19H20FN3O3S/c1-11-15-18(26-3)22-14(10-25-2)23-19(15)27-16(11)17(24)21-9-8-12-6-4-5-7-13(12)20/h4-7H,8-10H2,1-3H3,(H,21,24). The lowest BCUT2D eigenvalue weighted by atomic mass is 10.1. The number of fused-ring (bicyclic) bond motifs is 1. The molecule has 0 fully saturated rings. The average Bonchev–Trinajstić information content (AvgIpc) is 2.99. The molecule has 2 heterocycles. The third-order valence-corrected chi connectivity index (χ3v) is 5.30. The van der Waals surface area contributed by atoms with E-state index < -0.39 is 0 Å². The van der Waals surface area contributed by atoms with Crippen LogP contribution in [0.2, 0.25) is 0 Å². The molecule has 0 aliphatic carbocycles. The zero-order valence-corrected chi connectivity index (χ0v) is 16.2. The zero-order valence-electron chi connectivity index (χ0n) is 15.3. The smallest absolute Gasteiger partial charge is 0.261 e. The fraction of sp³-hybridized carbons (Fsp3) is 0.316.